The Morgan fingerprint density at radius 3 is 2.55 bits per heavy atom. The van der Waals surface area contributed by atoms with Crippen molar-refractivity contribution in [2.45, 2.75) is 26.4 Å². The molecule has 0 aliphatic rings. The summed E-state index contributed by atoms with van der Waals surface area (Å²) in [5.74, 6) is 0. The van der Waals surface area contributed by atoms with E-state index in [-0.39, 0.29) is 17.6 Å². The van der Waals surface area contributed by atoms with Crippen molar-refractivity contribution in [1.82, 2.24) is 0 Å². The molecular formula is C7H12O2S2. The maximum Gasteiger partial charge on any atom is 0.197 e. The van der Waals surface area contributed by atoms with E-state index in [2.05, 4.69) is 0 Å². The van der Waals surface area contributed by atoms with E-state index in [0.717, 1.165) is 0 Å². The van der Waals surface area contributed by atoms with Crippen LogP contribution in [0.4, 0.5) is 0 Å². The highest BCUT2D eigenvalue weighted by Crippen LogP contribution is 2.03. The number of thioether (sulfide) groups is 1. The molecule has 0 spiro atoms. The summed E-state index contributed by atoms with van der Waals surface area (Å²) in [6.07, 6.45) is 2.05. The number of rotatable bonds is 3. The van der Waals surface area contributed by atoms with Gasteiger partial charge in [-0.2, -0.15) is 0 Å². The zero-order valence-corrected chi connectivity index (χ0v) is 8.55. The summed E-state index contributed by atoms with van der Waals surface area (Å²) in [5.41, 5.74) is 0. The molecule has 0 aromatic heterocycles. The summed E-state index contributed by atoms with van der Waals surface area (Å²) in [4.78, 5) is 10.8. The second-order valence-corrected chi connectivity index (χ2v) is 3.61. The predicted molar refractivity (Wildman–Crippen MR) is 52.0 cm³/mol. The molecular weight excluding hydrogens is 180 g/mol. The third kappa shape index (κ3) is 6.31. The molecule has 0 radical (unpaired) electrons. The molecule has 0 atom stereocenters. The number of hydrogen-bond acceptors (Lipinski definition) is 4. The minimum Gasteiger partial charge on any atom is -0.484 e. The van der Waals surface area contributed by atoms with Crippen molar-refractivity contribution in [3.8, 4) is 0 Å². The molecule has 0 aliphatic carbocycles. The molecule has 0 aromatic rings. The molecule has 11 heavy (non-hydrogen) atoms. The Morgan fingerprint density at radius 2 is 2.18 bits per heavy atom. The van der Waals surface area contributed by atoms with Crippen LogP contribution >= 0.6 is 24.0 Å². The highest BCUT2D eigenvalue weighted by Gasteiger charge is 2.06. The molecule has 0 heterocycles. The maximum absolute atomic E-state index is 10.8. The molecule has 64 valence electrons. The van der Waals surface area contributed by atoms with Gasteiger partial charge in [0.25, 0.3) is 0 Å². The van der Waals surface area contributed by atoms with E-state index in [0.29, 0.717) is 5.05 Å². The van der Waals surface area contributed by atoms with Gasteiger partial charge in [-0.3, -0.25) is 4.79 Å². The molecule has 0 bridgehead atoms. The Kier molecular flexibility index (Phi) is 5.50. The second kappa shape index (κ2) is 5.55. The molecule has 0 saturated heterocycles. The van der Waals surface area contributed by atoms with Gasteiger partial charge in [-0.25, -0.2) is 0 Å². The molecule has 0 rings (SSSR count). The van der Waals surface area contributed by atoms with Crippen LogP contribution in [0.5, 0.6) is 0 Å². The SMILES string of the molecule is CSC(=O)CC(=S)OC(C)C. The minimum absolute atomic E-state index is 0.0515. The first-order chi connectivity index (χ1) is 5.06. The fraction of sp³-hybridized carbons (Fsp3) is 0.714. The number of ether oxygens (including phenoxy) is 1. The highest BCUT2D eigenvalue weighted by atomic mass is 32.2. The third-order valence-corrected chi connectivity index (χ3v) is 1.72. The van der Waals surface area contributed by atoms with Crippen molar-refractivity contribution in [2.75, 3.05) is 6.26 Å². The first kappa shape index (κ1) is 10.9. The normalized spacial score (nSPS) is 9.82. The van der Waals surface area contributed by atoms with Gasteiger partial charge in [0.15, 0.2) is 10.2 Å². The zero-order valence-electron chi connectivity index (χ0n) is 6.92. The van der Waals surface area contributed by atoms with Gasteiger partial charge in [-0.05, 0) is 32.3 Å². The summed E-state index contributed by atoms with van der Waals surface area (Å²) < 4.78 is 5.12. The smallest absolute Gasteiger partial charge is 0.197 e. The number of thiocarbonyl (C=S) groups is 1. The molecule has 2 nitrogen and oxygen atoms in total. The lowest BCUT2D eigenvalue weighted by Gasteiger charge is -2.08. The van der Waals surface area contributed by atoms with Crippen LogP contribution in [0.15, 0.2) is 0 Å². The van der Waals surface area contributed by atoms with Gasteiger partial charge in [-0.1, -0.05) is 11.8 Å². The van der Waals surface area contributed by atoms with Crippen molar-refractivity contribution in [3.63, 3.8) is 0 Å². The number of hydrogen-bond donors (Lipinski definition) is 0. The molecule has 0 aliphatic heterocycles. The van der Waals surface area contributed by atoms with Crippen molar-refractivity contribution in [3.05, 3.63) is 0 Å². The summed E-state index contributed by atoms with van der Waals surface area (Å²) in [5, 5.41) is 0.440. The molecule has 0 N–H and O–H groups in total. The average molecular weight is 192 g/mol. The van der Waals surface area contributed by atoms with Gasteiger partial charge < -0.3 is 4.74 Å². The lowest BCUT2D eigenvalue weighted by molar-refractivity contribution is -0.110. The van der Waals surface area contributed by atoms with Crippen LogP contribution in [0.25, 0.3) is 0 Å². The fourth-order valence-electron chi connectivity index (χ4n) is 0.495. The summed E-state index contributed by atoms with van der Waals surface area (Å²) >= 11 is 5.99. The van der Waals surface area contributed by atoms with Gasteiger partial charge >= 0.3 is 0 Å². The van der Waals surface area contributed by atoms with E-state index in [4.69, 9.17) is 17.0 Å². The zero-order chi connectivity index (χ0) is 8.85. The summed E-state index contributed by atoms with van der Waals surface area (Å²) in [6, 6.07) is 0. The second-order valence-electron chi connectivity index (χ2n) is 2.29. The van der Waals surface area contributed by atoms with E-state index >= 15 is 0 Å². The summed E-state index contributed by atoms with van der Waals surface area (Å²) in [7, 11) is 0. The standard InChI is InChI=1S/C7H12O2S2/c1-5(2)9-7(10)4-6(8)11-3/h5H,4H2,1-3H3. The Labute approximate surface area is 76.7 Å². The van der Waals surface area contributed by atoms with Gasteiger partial charge in [0.2, 0.25) is 0 Å². The molecule has 0 unspecified atom stereocenters. The van der Waals surface area contributed by atoms with Crippen LogP contribution < -0.4 is 0 Å². The van der Waals surface area contributed by atoms with E-state index in [9.17, 15) is 4.79 Å². The van der Waals surface area contributed by atoms with E-state index in [1.807, 2.05) is 13.8 Å². The van der Waals surface area contributed by atoms with Gasteiger partial charge in [-0.15, -0.1) is 0 Å². The Morgan fingerprint density at radius 1 is 1.64 bits per heavy atom. The third-order valence-electron chi connectivity index (χ3n) is 0.883. The van der Waals surface area contributed by atoms with Crippen molar-refractivity contribution in [1.29, 1.82) is 0 Å². The largest absolute Gasteiger partial charge is 0.484 e. The van der Waals surface area contributed by atoms with E-state index < -0.39 is 0 Å². The van der Waals surface area contributed by atoms with Crippen LogP contribution in [0.3, 0.4) is 0 Å². The van der Waals surface area contributed by atoms with Crippen LogP contribution in [0.1, 0.15) is 20.3 Å². The van der Waals surface area contributed by atoms with E-state index in [1.54, 1.807) is 6.26 Å². The topological polar surface area (TPSA) is 26.3 Å². The first-order valence-corrected chi connectivity index (χ1v) is 4.96. The predicted octanol–water partition coefficient (Wildman–Crippen LogP) is 2.02. The van der Waals surface area contributed by atoms with Crippen molar-refractivity contribution < 1.29 is 9.53 Å². The number of carbonyl (C=O) groups excluding carboxylic acids is 1. The quantitative estimate of drug-likeness (QED) is 0.639. The molecule has 0 fully saturated rings. The fourth-order valence-corrected chi connectivity index (χ4v) is 1.18. The molecule has 4 heteroatoms. The van der Waals surface area contributed by atoms with Gasteiger partial charge in [0, 0.05) is 0 Å². The Hall–Kier alpha value is -0.0900. The Balaban J connectivity index is 3.61. The van der Waals surface area contributed by atoms with Crippen LogP contribution in [-0.4, -0.2) is 22.5 Å². The van der Waals surface area contributed by atoms with Crippen LogP contribution in [0, 0.1) is 0 Å². The first-order valence-electron chi connectivity index (χ1n) is 3.32. The minimum atomic E-state index is 0.0515. The molecule has 0 saturated carbocycles. The Bertz CT molecular complexity index is 155. The van der Waals surface area contributed by atoms with Crippen molar-refractivity contribution in [2.24, 2.45) is 0 Å². The highest BCUT2D eigenvalue weighted by molar-refractivity contribution is 8.13. The number of carbonyl (C=O) groups is 1. The monoisotopic (exact) mass is 192 g/mol. The lowest BCUT2D eigenvalue weighted by Crippen LogP contribution is -2.11. The van der Waals surface area contributed by atoms with Gasteiger partial charge in [0.05, 0.1) is 12.5 Å². The maximum atomic E-state index is 10.8. The van der Waals surface area contributed by atoms with E-state index in [1.165, 1.54) is 11.8 Å². The average Bonchev–Trinajstić information content (AvgIpc) is 1.85. The van der Waals surface area contributed by atoms with Crippen molar-refractivity contribution >= 4 is 34.1 Å². The van der Waals surface area contributed by atoms with Crippen LogP contribution in [0.2, 0.25) is 0 Å². The lowest BCUT2D eigenvalue weighted by atomic mass is 10.4. The summed E-state index contributed by atoms with van der Waals surface area (Å²) in [6.45, 7) is 3.77. The van der Waals surface area contributed by atoms with Crippen LogP contribution in [-0.2, 0) is 9.53 Å². The van der Waals surface area contributed by atoms with Gasteiger partial charge in [0.1, 0.15) is 0 Å². The molecule has 0 aromatic carbocycles. The molecule has 0 amide bonds.